The van der Waals surface area contributed by atoms with Gasteiger partial charge in [0, 0.05) is 17.5 Å². The fourth-order valence-electron chi connectivity index (χ4n) is 2.63. The molecule has 1 saturated carbocycles. The molecule has 0 heterocycles. The lowest BCUT2D eigenvalue weighted by atomic mass is 9.78. The second-order valence-corrected chi connectivity index (χ2v) is 4.79. The minimum Gasteiger partial charge on any atom is -0.508 e. The molecule has 1 aliphatic rings. The molecule has 0 aromatic heterocycles. The molecule has 88 valence electrons. The van der Waals surface area contributed by atoms with Crippen LogP contribution in [0.1, 0.15) is 36.8 Å². The summed E-state index contributed by atoms with van der Waals surface area (Å²) in [4.78, 5) is 0. The summed E-state index contributed by atoms with van der Waals surface area (Å²) in [5.41, 5.74) is 6.88. The van der Waals surface area contributed by atoms with Crippen molar-refractivity contribution in [3.63, 3.8) is 0 Å². The van der Waals surface area contributed by atoms with Crippen LogP contribution in [0.4, 0.5) is 4.39 Å². The van der Waals surface area contributed by atoms with Crippen LogP contribution in [0.15, 0.2) is 12.1 Å². The van der Waals surface area contributed by atoms with Crippen molar-refractivity contribution in [2.24, 2.45) is 5.73 Å². The fraction of sp³-hybridized carbons (Fsp3) is 0.538. The van der Waals surface area contributed by atoms with Gasteiger partial charge in [0.25, 0.3) is 0 Å². The Labute approximate surface area is 95.3 Å². The normalized spacial score (nSPS) is 18.9. The molecule has 3 N–H and O–H groups in total. The van der Waals surface area contributed by atoms with Crippen LogP contribution in [0.3, 0.4) is 0 Å². The Morgan fingerprint density at radius 1 is 1.38 bits per heavy atom. The number of aromatic hydroxyl groups is 1. The number of hydrogen-bond donors (Lipinski definition) is 2. The molecular formula is C13H18FNO. The van der Waals surface area contributed by atoms with Crippen molar-refractivity contribution in [2.75, 3.05) is 6.54 Å². The van der Waals surface area contributed by atoms with E-state index in [1.54, 1.807) is 13.0 Å². The molecule has 0 spiro atoms. The third-order valence-electron chi connectivity index (χ3n) is 3.88. The van der Waals surface area contributed by atoms with Crippen LogP contribution in [0.25, 0.3) is 0 Å². The third kappa shape index (κ3) is 1.69. The molecule has 0 atom stereocenters. The maximum atomic E-state index is 13.6. The van der Waals surface area contributed by atoms with Crippen LogP contribution in [0.5, 0.6) is 5.75 Å². The summed E-state index contributed by atoms with van der Waals surface area (Å²) in [7, 11) is 0. The lowest BCUT2D eigenvalue weighted by molar-refractivity contribution is 0.431. The number of benzene rings is 1. The van der Waals surface area contributed by atoms with E-state index in [1.807, 2.05) is 0 Å². The Balaban J connectivity index is 2.47. The molecule has 0 unspecified atom stereocenters. The molecule has 0 saturated heterocycles. The summed E-state index contributed by atoms with van der Waals surface area (Å²) in [5, 5.41) is 9.67. The van der Waals surface area contributed by atoms with Gasteiger partial charge in [0.2, 0.25) is 0 Å². The highest BCUT2D eigenvalue weighted by molar-refractivity contribution is 5.40. The Bertz CT molecular complexity index is 374. The average molecular weight is 223 g/mol. The van der Waals surface area contributed by atoms with Crippen molar-refractivity contribution in [3.8, 4) is 5.75 Å². The van der Waals surface area contributed by atoms with E-state index in [4.69, 9.17) is 5.73 Å². The topological polar surface area (TPSA) is 46.2 Å². The monoisotopic (exact) mass is 223 g/mol. The van der Waals surface area contributed by atoms with E-state index in [-0.39, 0.29) is 17.0 Å². The van der Waals surface area contributed by atoms with Crippen LogP contribution in [0.2, 0.25) is 0 Å². The number of nitrogens with two attached hydrogens (primary N) is 1. The summed E-state index contributed by atoms with van der Waals surface area (Å²) < 4.78 is 13.6. The van der Waals surface area contributed by atoms with Gasteiger partial charge in [-0.2, -0.15) is 0 Å². The standard InChI is InChI=1S/C13H18FNO/c1-9-11(14)6-10(7-12(9)16)13(8-15)4-2-3-5-13/h6-7,16H,2-5,8,15H2,1H3. The number of phenols is 1. The molecular weight excluding hydrogens is 205 g/mol. The highest BCUT2D eigenvalue weighted by Crippen LogP contribution is 2.42. The van der Waals surface area contributed by atoms with E-state index in [9.17, 15) is 9.50 Å². The second kappa shape index (κ2) is 4.06. The number of rotatable bonds is 2. The van der Waals surface area contributed by atoms with Crippen LogP contribution in [-0.2, 0) is 5.41 Å². The summed E-state index contributed by atoms with van der Waals surface area (Å²) in [6, 6.07) is 3.21. The first kappa shape index (κ1) is 11.4. The van der Waals surface area contributed by atoms with Crippen LogP contribution < -0.4 is 5.73 Å². The molecule has 1 fully saturated rings. The quantitative estimate of drug-likeness (QED) is 0.809. The SMILES string of the molecule is Cc1c(O)cc(C2(CN)CCCC2)cc1F. The molecule has 16 heavy (non-hydrogen) atoms. The zero-order valence-corrected chi connectivity index (χ0v) is 9.59. The highest BCUT2D eigenvalue weighted by Gasteiger charge is 2.35. The minimum absolute atomic E-state index is 0.0368. The smallest absolute Gasteiger partial charge is 0.130 e. The highest BCUT2D eigenvalue weighted by atomic mass is 19.1. The summed E-state index contributed by atoms with van der Waals surface area (Å²) in [6.07, 6.45) is 4.25. The largest absolute Gasteiger partial charge is 0.508 e. The average Bonchev–Trinajstić information content (AvgIpc) is 2.75. The summed E-state index contributed by atoms with van der Waals surface area (Å²) >= 11 is 0. The zero-order valence-electron chi connectivity index (χ0n) is 9.59. The van der Waals surface area contributed by atoms with E-state index >= 15 is 0 Å². The van der Waals surface area contributed by atoms with Crippen LogP contribution in [-0.4, -0.2) is 11.7 Å². The Morgan fingerprint density at radius 2 is 2.00 bits per heavy atom. The summed E-state index contributed by atoms with van der Waals surface area (Å²) in [6.45, 7) is 2.10. The molecule has 1 aliphatic carbocycles. The van der Waals surface area contributed by atoms with Gasteiger partial charge in [0.1, 0.15) is 11.6 Å². The first-order valence-electron chi connectivity index (χ1n) is 5.79. The molecule has 0 bridgehead atoms. The van der Waals surface area contributed by atoms with Gasteiger partial charge in [-0.1, -0.05) is 12.8 Å². The Hall–Kier alpha value is -1.09. The van der Waals surface area contributed by atoms with E-state index < -0.39 is 0 Å². The van der Waals surface area contributed by atoms with Crippen molar-refractivity contribution in [1.29, 1.82) is 0 Å². The Morgan fingerprint density at radius 3 is 2.50 bits per heavy atom. The second-order valence-electron chi connectivity index (χ2n) is 4.79. The zero-order chi connectivity index (χ0) is 11.8. The molecule has 2 rings (SSSR count). The molecule has 0 amide bonds. The minimum atomic E-state index is -0.338. The van der Waals surface area contributed by atoms with Crippen LogP contribution >= 0.6 is 0 Å². The van der Waals surface area contributed by atoms with E-state index in [1.165, 1.54) is 6.07 Å². The first-order chi connectivity index (χ1) is 7.59. The number of hydrogen-bond acceptors (Lipinski definition) is 2. The fourth-order valence-corrected chi connectivity index (χ4v) is 2.63. The van der Waals surface area contributed by atoms with Crippen molar-refractivity contribution in [1.82, 2.24) is 0 Å². The van der Waals surface area contributed by atoms with Crippen molar-refractivity contribution in [3.05, 3.63) is 29.1 Å². The van der Waals surface area contributed by atoms with Crippen molar-refractivity contribution < 1.29 is 9.50 Å². The van der Waals surface area contributed by atoms with Gasteiger partial charge in [-0.25, -0.2) is 4.39 Å². The molecule has 1 aromatic carbocycles. The molecule has 3 heteroatoms. The van der Waals surface area contributed by atoms with Gasteiger partial charge in [-0.3, -0.25) is 0 Å². The molecule has 2 nitrogen and oxygen atoms in total. The van der Waals surface area contributed by atoms with Crippen molar-refractivity contribution in [2.45, 2.75) is 38.0 Å². The molecule has 1 aromatic rings. The van der Waals surface area contributed by atoms with Crippen molar-refractivity contribution >= 4 is 0 Å². The van der Waals surface area contributed by atoms with Gasteiger partial charge < -0.3 is 10.8 Å². The van der Waals surface area contributed by atoms with E-state index in [0.717, 1.165) is 31.2 Å². The number of phenolic OH excluding ortho intramolecular Hbond substituents is 1. The molecule has 0 radical (unpaired) electrons. The lowest BCUT2D eigenvalue weighted by Gasteiger charge is -2.28. The molecule has 0 aliphatic heterocycles. The maximum absolute atomic E-state index is 13.6. The first-order valence-corrected chi connectivity index (χ1v) is 5.79. The predicted molar refractivity (Wildman–Crippen MR) is 62.0 cm³/mol. The van der Waals surface area contributed by atoms with Gasteiger partial charge >= 0.3 is 0 Å². The van der Waals surface area contributed by atoms with Gasteiger partial charge in [0.15, 0.2) is 0 Å². The third-order valence-corrected chi connectivity index (χ3v) is 3.88. The van der Waals surface area contributed by atoms with Gasteiger partial charge in [0.05, 0.1) is 0 Å². The number of halogens is 1. The van der Waals surface area contributed by atoms with E-state index in [0.29, 0.717) is 12.1 Å². The maximum Gasteiger partial charge on any atom is 0.130 e. The van der Waals surface area contributed by atoms with Crippen LogP contribution in [0, 0.1) is 12.7 Å². The van der Waals surface area contributed by atoms with Gasteiger partial charge in [-0.05, 0) is 37.5 Å². The van der Waals surface area contributed by atoms with E-state index in [2.05, 4.69) is 0 Å². The lowest BCUT2D eigenvalue weighted by Crippen LogP contribution is -2.32. The Kier molecular flexibility index (Phi) is 2.89. The summed E-state index contributed by atoms with van der Waals surface area (Å²) in [5.74, 6) is -0.301. The predicted octanol–water partition coefficient (Wildman–Crippen LogP) is 2.61. The van der Waals surface area contributed by atoms with Gasteiger partial charge in [-0.15, -0.1) is 0 Å².